The van der Waals surface area contributed by atoms with E-state index in [1.807, 2.05) is 6.26 Å². The molecule has 1 aromatic rings. The summed E-state index contributed by atoms with van der Waals surface area (Å²) in [5.41, 5.74) is 7.82. The lowest BCUT2D eigenvalue weighted by Gasteiger charge is -2.34. The van der Waals surface area contributed by atoms with Gasteiger partial charge in [0.1, 0.15) is 5.76 Å². The second kappa shape index (κ2) is 3.11. The normalized spacial score (nSPS) is 28.8. The third-order valence-corrected chi connectivity index (χ3v) is 4.45. The molecule has 1 heterocycles. The van der Waals surface area contributed by atoms with E-state index in [1.165, 1.54) is 37.0 Å². The minimum atomic E-state index is 0.553. The Labute approximate surface area is 90.8 Å². The van der Waals surface area contributed by atoms with E-state index in [0.717, 1.165) is 6.54 Å². The van der Waals surface area contributed by atoms with Gasteiger partial charge in [-0.3, -0.25) is 0 Å². The van der Waals surface area contributed by atoms with Crippen molar-refractivity contribution in [3.63, 3.8) is 0 Å². The van der Waals surface area contributed by atoms with Crippen LogP contribution in [0.3, 0.4) is 0 Å². The van der Waals surface area contributed by atoms with Gasteiger partial charge in [0.05, 0.1) is 6.26 Å². The highest BCUT2D eigenvalue weighted by Gasteiger charge is 2.54. The standard InChI is InChI=1S/C13H19NO/c1-9(8-14)11-12-10(3-7-15-12)2-4-13(11)5-6-13/h3,7,9,11H,2,4-6,8,14H2,1H3. The van der Waals surface area contributed by atoms with E-state index in [2.05, 4.69) is 13.0 Å². The molecule has 0 aliphatic heterocycles. The maximum atomic E-state index is 5.84. The van der Waals surface area contributed by atoms with E-state index < -0.39 is 0 Å². The van der Waals surface area contributed by atoms with Gasteiger partial charge < -0.3 is 10.2 Å². The minimum absolute atomic E-state index is 0.553. The molecule has 2 N–H and O–H groups in total. The van der Waals surface area contributed by atoms with Gasteiger partial charge >= 0.3 is 0 Å². The molecule has 1 fully saturated rings. The Hall–Kier alpha value is -0.760. The Morgan fingerprint density at radius 2 is 2.33 bits per heavy atom. The zero-order valence-electron chi connectivity index (χ0n) is 9.33. The zero-order chi connectivity index (χ0) is 10.5. The summed E-state index contributed by atoms with van der Waals surface area (Å²) in [5, 5.41) is 0. The van der Waals surface area contributed by atoms with E-state index in [4.69, 9.17) is 10.2 Å². The van der Waals surface area contributed by atoms with Crippen LogP contribution in [0.5, 0.6) is 0 Å². The Morgan fingerprint density at radius 3 is 3.00 bits per heavy atom. The van der Waals surface area contributed by atoms with Crippen LogP contribution in [-0.2, 0) is 6.42 Å². The van der Waals surface area contributed by atoms with Gasteiger partial charge in [-0.15, -0.1) is 0 Å². The molecule has 0 amide bonds. The van der Waals surface area contributed by atoms with Crippen LogP contribution in [0.15, 0.2) is 16.7 Å². The van der Waals surface area contributed by atoms with Crippen molar-refractivity contribution in [1.82, 2.24) is 0 Å². The molecule has 2 nitrogen and oxygen atoms in total. The monoisotopic (exact) mass is 205 g/mol. The summed E-state index contributed by atoms with van der Waals surface area (Å²) in [6.45, 7) is 3.04. The highest BCUT2D eigenvalue weighted by atomic mass is 16.3. The highest BCUT2D eigenvalue weighted by Crippen LogP contribution is 2.64. The Kier molecular flexibility index (Phi) is 1.96. The van der Waals surface area contributed by atoms with Crippen LogP contribution in [0, 0.1) is 11.3 Å². The van der Waals surface area contributed by atoms with E-state index >= 15 is 0 Å². The largest absolute Gasteiger partial charge is 0.469 e. The first-order chi connectivity index (χ1) is 7.27. The number of hydrogen-bond acceptors (Lipinski definition) is 2. The van der Waals surface area contributed by atoms with Crippen LogP contribution >= 0.6 is 0 Å². The topological polar surface area (TPSA) is 39.2 Å². The average molecular weight is 205 g/mol. The second-order valence-electron chi connectivity index (χ2n) is 5.36. The number of furan rings is 1. The van der Waals surface area contributed by atoms with Gasteiger partial charge in [-0.1, -0.05) is 6.92 Å². The van der Waals surface area contributed by atoms with Crippen molar-refractivity contribution >= 4 is 0 Å². The van der Waals surface area contributed by atoms with Crippen LogP contribution in [0.4, 0.5) is 0 Å². The number of nitrogens with two attached hydrogens (primary N) is 1. The van der Waals surface area contributed by atoms with Crippen LogP contribution in [0.2, 0.25) is 0 Å². The first kappa shape index (κ1) is 9.46. The Morgan fingerprint density at radius 1 is 1.53 bits per heavy atom. The van der Waals surface area contributed by atoms with Gasteiger partial charge in [0.2, 0.25) is 0 Å². The smallest absolute Gasteiger partial charge is 0.110 e. The van der Waals surface area contributed by atoms with Crippen LogP contribution in [0.1, 0.15) is 43.4 Å². The van der Waals surface area contributed by atoms with Crippen molar-refractivity contribution in [3.05, 3.63) is 23.7 Å². The number of rotatable bonds is 2. The molecule has 82 valence electrons. The van der Waals surface area contributed by atoms with E-state index in [9.17, 15) is 0 Å². The molecule has 0 radical (unpaired) electrons. The fourth-order valence-electron chi connectivity index (χ4n) is 3.36. The molecule has 0 bridgehead atoms. The predicted molar refractivity (Wildman–Crippen MR) is 59.7 cm³/mol. The van der Waals surface area contributed by atoms with Gasteiger partial charge in [-0.05, 0) is 55.2 Å². The number of aryl methyl sites for hydroxylation is 1. The van der Waals surface area contributed by atoms with Crippen molar-refractivity contribution in [1.29, 1.82) is 0 Å². The first-order valence-corrected chi connectivity index (χ1v) is 6.03. The molecule has 2 heteroatoms. The van der Waals surface area contributed by atoms with Crippen LogP contribution < -0.4 is 5.73 Å². The molecule has 2 unspecified atom stereocenters. The fourth-order valence-corrected chi connectivity index (χ4v) is 3.36. The summed E-state index contributed by atoms with van der Waals surface area (Å²) < 4.78 is 5.71. The van der Waals surface area contributed by atoms with Gasteiger partial charge in [0.25, 0.3) is 0 Å². The molecule has 3 rings (SSSR count). The quantitative estimate of drug-likeness (QED) is 0.806. The van der Waals surface area contributed by atoms with Crippen molar-refractivity contribution < 1.29 is 4.42 Å². The summed E-state index contributed by atoms with van der Waals surface area (Å²) in [7, 11) is 0. The van der Waals surface area contributed by atoms with Crippen molar-refractivity contribution in [2.45, 2.75) is 38.5 Å². The molecule has 1 saturated carbocycles. The second-order valence-corrected chi connectivity index (χ2v) is 5.36. The van der Waals surface area contributed by atoms with Gasteiger partial charge in [-0.25, -0.2) is 0 Å². The third-order valence-electron chi connectivity index (χ3n) is 4.45. The molecule has 15 heavy (non-hydrogen) atoms. The lowest BCUT2D eigenvalue weighted by atomic mass is 9.70. The van der Waals surface area contributed by atoms with E-state index in [1.54, 1.807) is 0 Å². The number of fused-ring (bicyclic) bond motifs is 1. The van der Waals surface area contributed by atoms with Crippen LogP contribution in [-0.4, -0.2) is 6.54 Å². The average Bonchev–Trinajstić information content (AvgIpc) is 2.85. The predicted octanol–water partition coefficient (Wildman–Crippen LogP) is 2.68. The summed E-state index contributed by atoms with van der Waals surface area (Å²) in [4.78, 5) is 0. The van der Waals surface area contributed by atoms with Crippen molar-refractivity contribution in [3.8, 4) is 0 Å². The molecule has 2 aliphatic carbocycles. The van der Waals surface area contributed by atoms with Gasteiger partial charge in [0, 0.05) is 5.92 Å². The SMILES string of the molecule is CC(CN)C1c2occc2CCC12CC2. The molecule has 1 aromatic heterocycles. The summed E-state index contributed by atoms with van der Waals surface area (Å²) >= 11 is 0. The third kappa shape index (κ3) is 1.27. The van der Waals surface area contributed by atoms with Crippen molar-refractivity contribution in [2.24, 2.45) is 17.1 Å². The zero-order valence-corrected chi connectivity index (χ0v) is 9.33. The molecule has 2 atom stereocenters. The molecule has 0 aromatic carbocycles. The summed E-state index contributed by atoms with van der Waals surface area (Å²) in [5.74, 6) is 2.38. The van der Waals surface area contributed by atoms with Gasteiger partial charge in [0.15, 0.2) is 0 Å². The minimum Gasteiger partial charge on any atom is -0.469 e. The highest BCUT2D eigenvalue weighted by molar-refractivity contribution is 5.30. The van der Waals surface area contributed by atoms with E-state index in [-0.39, 0.29) is 0 Å². The van der Waals surface area contributed by atoms with Crippen molar-refractivity contribution in [2.75, 3.05) is 6.54 Å². The first-order valence-electron chi connectivity index (χ1n) is 6.03. The lowest BCUT2D eigenvalue weighted by Crippen LogP contribution is -2.30. The molecule has 2 aliphatic rings. The lowest BCUT2D eigenvalue weighted by molar-refractivity contribution is 0.233. The Balaban J connectivity index is 2.01. The molecular formula is C13H19NO. The van der Waals surface area contributed by atoms with E-state index in [0.29, 0.717) is 17.3 Å². The van der Waals surface area contributed by atoms with Crippen LogP contribution in [0.25, 0.3) is 0 Å². The fraction of sp³-hybridized carbons (Fsp3) is 0.692. The van der Waals surface area contributed by atoms with Gasteiger partial charge in [-0.2, -0.15) is 0 Å². The summed E-state index contributed by atoms with van der Waals surface area (Å²) in [6.07, 6.45) is 7.15. The molecule has 1 spiro atoms. The summed E-state index contributed by atoms with van der Waals surface area (Å²) in [6, 6.07) is 2.14. The molecule has 0 saturated heterocycles. The molecular weight excluding hydrogens is 186 g/mol. The maximum absolute atomic E-state index is 5.84. The Bertz CT molecular complexity index is 364. The maximum Gasteiger partial charge on any atom is 0.110 e. The number of hydrogen-bond donors (Lipinski definition) is 1.